The Kier molecular flexibility index (Phi) is 4.91. The largest absolute Gasteiger partial charge is 0.474 e. The zero-order valence-electron chi connectivity index (χ0n) is 16.8. The second-order valence-corrected chi connectivity index (χ2v) is 14.1. The molecule has 6 heteroatoms. The molecular formula is C22H28N2O3Si. The van der Waals surface area contributed by atoms with Gasteiger partial charge in [-0.3, -0.25) is 0 Å². The van der Waals surface area contributed by atoms with Crippen LogP contribution in [0.4, 0.5) is 4.79 Å². The fraction of sp³-hybridized carbons (Fsp3) is 0.455. The molecule has 1 aromatic carbocycles. The minimum atomic E-state index is -1.29. The second kappa shape index (κ2) is 7.24. The summed E-state index contributed by atoms with van der Waals surface area (Å²) in [4.78, 5) is 17.5. The van der Waals surface area contributed by atoms with Crippen LogP contribution in [0.1, 0.15) is 25.7 Å². The van der Waals surface area contributed by atoms with Crippen molar-refractivity contribution < 1.29 is 14.6 Å². The molecule has 2 saturated heterocycles. The van der Waals surface area contributed by atoms with Crippen LogP contribution in [0.3, 0.4) is 0 Å². The molecule has 28 heavy (non-hydrogen) atoms. The number of amides is 1. The van der Waals surface area contributed by atoms with Gasteiger partial charge in [-0.05, 0) is 24.5 Å². The Bertz CT molecular complexity index is 832. The first-order valence-electron chi connectivity index (χ1n) is 10.1. The lowest BCUT2D eigenvalue weighted by molar-refractivity contribution is 0.0477. The highest BCUT2D eigenvalue weighted by atomic mass is 28.3. The smallest absolute Gasteiger partial charge is 0.407 e. The van der Waals surface area contributed by atoms with Gasteiger partial charge in [0.2, 0.25) is 5.88 Å². The first-order chi connectivity index (χ1) is 13.3. The van der Waals surface area contributed by atoms with Gasteiger partial charge in [0, 0.05) is 42.8 Å². The number of benzene rings is 1. The SMILES string of the molecule is C[Si](C)(C)c1ccc(-c2ccc(O[C@@H]3C[C@H]4CC[C@@H](C3)N4C(=O)O)nc2)cc1. The maximum absolute atomic E-state index is 11.4. The summed E-state index contributed by atoms with van der Waals surface area (Å²) in [5, 5.41) is 10.8. The Morgan fingerprint density at radius 1 is 1.04 bits per heavy atom. The zero-order chi connectivity index (χ0) is 19.9. The molecule has 1 aromatic heterocycles. The van der Waals surface area contributed by atoms with Crippen LogP contribution in [0.2, 0.25) is 19.6 Å². The van der Waals surface area contributed by atoms with Crippen molar-refractivity contribution in [2.24, 2.45) is 0 Å². The molecule has 1 amide bonds. The van der Waals surface area contributed by atoms with Crippen molar-refractivity contribution in [3.63, 3.8) is 0 Å². The standard InChI is InChI=1S/C22H28N2O3Si/c1-28(2,3)20-9-4-15(5-10-20)16-6-11-21(23-14-16)27-19-12-17-7-8-18(13-19)24(17)22(25)26/h4-6,9-11,14,17-19H,7-8,12-13H2,1-3H3,(H,25,26)/t17-,18+,19-. The van der Waals surface area contributed by atoms with Crippen LogP contribution in [0.5, 0.6) is 5.88 Å². The molecule has 3 heterocycles. The molecule has 2 fully saturated rings. The lowest BCUT2D eigenvalue weighted by Crippen LogP contribution is -2.48. The Labute approximate surface area is 167 Å². The normalized spacial score (nSPS) is 24.2. The number of ether oxygens (including phenoxy) is 1. The van der Waals surface area contributed by atoms with E-state index in [0.717, 1.165) is 36.8 Å². The number of carbonyl (C=O) groups is 1. The molecule has 4 rings (SSSR count). The highest BCUT2D eigenvalue weighted by molar-refractivity contribution is 6.88. The van der Waals surface area contributed by atoms with E-state index in [9.17, 15) is 9.90 Å². The number of carboxylic acid groups (broad SMARTS) is 1. The summed E-state index contributed by atoms with van der Waals surface area (Å²) >= 11 is 0. The van der Waals surface area contributed by atoms with E-state index in [-0.39, 0.29) is 18.2 Å². The molecule has 0 radical (unpaired) electrons. The van der Waals surface area contributed by atoms with Crippen LogP contribution in [-0.2, 0) is 0 Å². The van der Waals surface area contributed by atoms with Gasteiger partial charge >= 0.3 is 6.09 Å². The van der Waals surface area contributed by atoms with Gasteiger partial charge in [0.1, 0.15) is 6.10 Å². The quantitative estimate of drug-likeness (QED) is 0.781. The Morgan fingerprint density at radius 2 is 1.64 bits per heavy atom. The fourth-order valence-corrected chi connectivity index (χ4v) is 5.66. The third kappa shape index (κ3) is 3.78. The van der Waals surface area contributed by atoms with Crippen LogP contribution in [0.15, 0.2) is 42.6 Å². The molecule has 0 unspecified atom stereocenters. The van der Waals surface area contributed by atoms with Gasteiger partial charge in [-0.25, -0.2) is 9.78 Å². The molecule has 2 aliphatic rings. The summed E-state index contributed by atoms with van der Waals surface area (Å²) in [5.41, 5.74) is 2.24. The molecule has 0 spiro atoms. The third-order valence-electron chi connectivity index (χ3n) is 6.02. The third-order valence-corrected chi connectivity index (χ3v) is 8.08. The molecule has 2 aliphatic heterocycles. The summed E-state index contributed by atoms with van der Waals surface area (Å²) in [5.74, 6) is 0.621. The van der Waals surface area contributed by atoms with Crippen LogP contribution in [0, 0.1) is 0 Å². The Morgan fingerprint density at radius 3 is 2.14 bits per heavy atom. The summed E-state index contributed by atoms with van der Waals surface area (Å²) in [6.45, 7) is 7.05. The summed E-state index contributed by atoms with van der Waals surface area (Å²) in [7, 11) is -1.29. The average molecular weight is 397 g/mol. The van der Waals surface area contributed by atoms with E-state index >= 15 is 0 Å². The van der Waals surface area contributed by atoms with Gasteiger partial charge in [0.15, 0.2) is 0 Å². The number of piperidine rings is 1. The van der Waals surface area contributed by atoms with E-state index in [1.54, 1.807) is 4.90 Å². The molecular weight excluding hydrogens is 368 g/mol. The van der Waals surface area contributed by atoms with Crippen LogP contribution in [0.25, 0.3) is 11.1 Å². The van der Waals surface area contributed by atoms with Gasteiger partial charge in [-0.1, -0.05) is 49.1 Å². The summed E-state index contributed by atoms with van der Waals surface area (Å²) in [6.07, 6.45) is 4.50. The molecule has 1 N–H and O–H groups in total. The minimum Gasteiger partial charge on any atom is -0.474 e. The van der Waals surface area contributed by atoms with E-state index in [4.69, 9.17) is 4.74 Å². The van der Waals surface area contributed by atoms with E-state index in [0.29, 0.717) is 5.88 Å². The van der Waals surface area contributed by atoms with Gasteiger partial charge in [-0.2, -0.15) is 0 Å². The average Bonchev–Trinajstić information content (AvgIpc) is 2.93. The highest BCUT2D eigenvalue weighted by Gasteiger charge is 2.44. The molecule has 5 nitrogen and oxygen atoms in total. The fourth-order valence-electron chi connectivity index (χ4n) is 4.49. The number of fused-ring (bicyclic) bond motifs is 2. The molecule has 148 valence electrons. The number of pyridine rings is 1. The van der Waals surface area contributed by atoms with Crippen LogP contribution >= 0.6 is 0 Å². The van der Waals surface area contributed by atoms with Crippen LogP contribution in [-0.4, -0.2) is 47.3 Å². The van der Waals surface area contributed by atoms with Gasteiger partial charge in [0.25, 0.3) is 0 Å². The monoisotopic (exact) mass is 396 g/mol. The summed E-state index contributed by atoms with van der Waals surface area (Å²) in [6, 6.07) is 13.0. The molecule has 3 atom stereocenters. The molecule has 0 saturated carbocycles. The number of aromatic nitrogens is 1. The van der Waals surface area contributed by atoms with E-state index in [2.05, 4.69) is 48.9 Å². The predicted octanol–water partition coefficient (Wildman–Crippen LogP) is 4.35. The van der Waals surface area contributed by atoms with Gasteiger partial charge in [-0.15, -0.1) is 0 Å². The number of nitrogens with zero attached hydrogens (tertiary/aromatic N) is 2. The number of hydrogen-bond acceptors (Lipinski definition) is 3. The number of rotatable bonds is 4. The Hall–Kier alpha value is -2.34. The van der Waals surface area contributed by atoms with Gasteiger partial charge < -0.3 is 14.7 Å². The van der Waals surface area contributed by atoms with E-state index in [1.807, 2.05) is 18.3 Å². The second-order valence-electron chi connectivity index (χ2n) is 9.00. The number of hydrogen-bond donors (Lipinski definition) is 1. The van der Waals surface area contributed by atoms with Crippen molar-refractivity contribution in [2.75, 3.05) is 0 Å². The van der Waals surface area contributed by atoms with Crippen LogP contribution < -0.4 is 9.92 Å². The topological polar surface area (TPSA) is 62.7 Å². The lowest BCUT2D eigenvalue weighted by Gasteiger charge is -2.36. The first kappa shape index (κ1) is 19.0. The Balaban J connectivity index is 1.41. The minimum absolute atomic E-state index is 0.0440. The van der Waals surface area contributed by atoms with Crippen molar-refractivity contribution in [1.82, 2.24) is 9.88 Å². The molecule has 0 aliphatic carbocycles. The first-order valence-corrected chi connectivity index (χ1v) is 13.6. The molecule has 2 aromatic rings. The molecule has 2 bridgehead atoms. The zero-order valence-corrected chi connectivity index (χ0v) is 17.8. The van der Waals surface area contributed by atoms with Crippen molar-refractivity contribution >= 4 is 19.4 Å². The van der Waals surface area contributed by atoms with Gasteiger partial charge in [0.05, 0.1) is 8.07 Å². The maximum Gasteiger partial charge on any atom is 0.407 e. The maximum atomic E-state index is 11.4. The summed E-state index contributed by atoms with van der Waals surface area (Å²) < 4.78 is 6.09. The lowest BCUT2D eigenvalue weighted by atomic mass is 10.0. The highest BCUT2D eigenvalue weighted by Crippen LogP contribution is 2.37. The predicted molar refractivity (Wildman–Crippen MR) is 113 cm³/mol. The van der Waals surface area contributed by atoms with E-state index in [1.165, 1.54) is 5.19 Å². The van der Waals surface area contributed by atoms with E-state index < -0.39 is 14.2 Å². The van der Waals surface area contributed by atoms with Crippen molar-refractivity contribution in [1.29, 1.82) is 0 Å². The van der Waals surface area contributed by atoms with Crippen molar-refractivity contribution in [3.05, 3.63) is 42.6 Å². The van der Waals surface area contributed by atoms with Crippen molar-refractivity contribution in [2.45, 2.75) is 63.5 Å². The van der Waals surface area contributed by atoms with Crippen molar-refractivity contribution in [3.8, 4) is 17.0 Å².